The van der Waals surface area contributed by atoms with Crippen LogP contribution in [0.3, 0.4) is 0 Å². The summed E-state index contributed by atoms with van der Waals surface area (Å²) in [4.78, 5) is 55.7. The minimum Gasteiger partial charge on any atom is -0.479 e. The Morgan fingerprint density at radius 3 is 2.32 bits per heavy atom. The smallest absolute Gasteiger partial charge is 0.335 e. The zero-order chi connectivity index (χ0) is 32.5. The summed E-state index contributed by atoms with van der Waals surface area (Å²) in [6, 6.07) is 5.14. The number of nitrogens with zero attached hydrogens (tertiary/aromatic N) is 4. The number of aliphatic hydroxyl groups excluding tert-OH is 3. The number of carboxylic acid groups (broad SMARTS) is 1. The maximum atomic E-state index is 13.6. The number of carboxylic acids is 1. The molecule has 0 unspecified atom stereocenters. The van der Waals surface area contributed by atoms with Gasteiger partial charge >= 0.3 is 17.8 Å². The number of nitrogens with one attached hydrogen (secondary N) is 2. The van der Waals surface area contributed by atoms with Gasteiger partial charge in [-0.15, -0.1) is 10.2 Å². The molecular formula is C26H29FN6O11. The summed E-state index contributed by atoms with van der Waals surface area (Å²) in [6.45, 7) is 4.23. The standard InChI is InChI=1S/C26H29FN6O11/c1-10-31-32-21(42-10)20(38)30-26(2,3)25-29-13(19(37)28-9-11-5-7-12(27)8-6-11)17(22(39)33(25)4)43-24-16(36)14(34)15(35)18(44-24)23(40)41/h5-8,14-16,18,24,34-36H,9H2,1-4H3,(H,28,37)(H,30,38)(H,40,41)/t14-,15-,16+,18-,24+/m0/s1. The molecule has 3 heterocycles. The van der Waals surface area contributed by atoms with Gasteiger partial charge in [-0.05, 0) is 31.5 Å². The fourth-order valence-corrected chi connectivity index (χ4v) is 4.32. The van der Waals surface area contributed by atoms with Crippen molar-refractivity contribution in [2.24, 2.45) is 7.05 Å². The fraction of sp³-hybridized carbons (Fsp3) is 0.423. The first-order valence-electron chi connectivity index (χ1n) is 13.0. The van der Waals surface area contributed by atoms with E-state index in [2.05, 4.69) is 25.8 Å². The van der Waals surface area contributed by atoms with Crippen LogP contribution in [0.1, 0.15) is 52.3 Å². The van der Waals surface area contributed by atoms with Gasteiger partial charge in [0.2, 0.25) is 17.9 Å². The lowest BCUT2D eigenvalue weighted by Gasteiger charge is -2.38. The number of aryl methyl sites for hydroxylation is 1. The number of hydrogen-bond donors (Lipinski definition) is 6. The van der Waals surface area contributed by atoms with E-state index in [1.165, 1.54) is 52.1 Å². The molecule has 0 aliphatic carbocycles. The van der Waals surface area contributed by atoms with Gasteiger partial charge in [0.1, 0.15) is 30.0 Å². The monoisotopic (exact) mass is 620 g/mol. The number of ether oxygens (including phenoxy) is 2. The Balaban J connectivity index is 1.74. The summed E-state index contributed by atoms with van der Waals surface area (Å²) in [6.07, 6.45) is -10.3. The highest BCUT2D eigenvalue weighted by atomic mass is 19.1. The Morgan fingerprint density at radius 2 is 1.73 bits per heavy atom. The first-order valence-corrected chi connectivity index (χ1v) is 13.0. The van der Waals surface area contributed by atoms with Gasteiger partial charge in [0.05, 0.1) is 5.54 Å². The van der Waals surface area contributed by atoms with E-state index < -0.39 is 76.8 Å². The van der Waals surface area contributed by atoms with Crippen molar-refractivity contribution >= 4 is 17.8 Å². The van der Waals surface area contributed by atoms with Crippen molar-refractivity contribution in [3.8, 4) is 5.75 Å². The number of carbonyl (C=O) groups is 3. The zero-order valence-corrected chi connectivity index (χ0v) is 23.7. The van der Waals surface area contributed by atoms with E-state index in [0.717, 1.165) is 4.57 Å². The summed E-state index contributed by atoms with van der Waals surface area (Å²) in [5.74, 6) is -5.28. The van der Waals surface area contributed by atoms with Crippen LogP contribution in [0.2, 0.25) is 0 Å². The molecule has 1 aromatic carbocycles. The summed E-state index contributed by atoms with van der Waals surface area (Å²) in [5.41, 5.74) is -2.72. The second-order valence-electron chi connectivity index (χ2n) is 10.3. The first-order chi connectivity index (χ1) is 20.6. The highest BCUT2D eigenvalue weighted by molar-refractivity contribution is 5.95. The molecule has 0 bridgehead atoms. The average Bonchev–Trinajstić information content (AvgIpc) is 3.41. The van der Waals surface area contributed by atoms with Gasteiger partial charge in [-0.1, -0.05) is 12.1 Å². The number of aliphatic carboxylic acids is 1. The quantitative estimate of drug-likeness (QED) is 0.159. The molecule has 0 spiro atoms. The van der Waals surface area contributed by atoms with Crippen LogP contribution in [0.25, 0.3) is 0 Å². The molecular weight excluding hydrogens is 591 g/mol. The number of aliphatic hydroxyl groups is 3. The normalized spacial score (nSPS) is 21.9. The van der Waals surface area contributed by atoms with E-state index in [-0.39, 0.29) is 24.2 Å². The third-order valence-corrected chi connectivity index (χ3v) is 6.58. The number of halogens is 1. The molecule has 236 valence electrons. The molecule has 44 heavy (non-hydrogen) atoms. The predicted molar refractivity (Wildman–Crippen MR) is 142 cm³/mol. The van der Waals surface area contributed by atoms with Gasteiger partial charge in [-0.25, -0.2) is 14.2 Å². The lowest BCUT2D eigenvalue weighted by Crippen LogP contribution is -2.61. The molecule has 1 fully saturated rings. The van der Waals surface area contributed by atoms with Gasteiger partial charge in [-0.2, -0.15) is 0 Å². The molecule has 3 aromatic rings. The van der Waals surface area contributed by atoms with Crippen molar-refractivity contribution in [2.45, 2.75) is 63.6 Å². The number of aromatic nitrogens is 4. The van der Waals surface area contributed by atoms with E-state index in [4.69, 9.17) is 13.9 Å². The van der Waals surface area contributed by atoms with Crippen molar-refractivity contribution in [3.63, 3.8) is 0 Å². The molecule has 1 saturated heterocycles. The van der Waals surface area contributed by atoms with Crippen LogP contribution in [0.5, 0.6) is 5.75 Å². The topological polar surface area (TPSA) is 248 Å². The molecule has 4 rings (SSSR count). The Hall–Kier alpha value is -4.78. The van der Waals surface area contributed by atoms with E-state index in [1.54, 1.807) is 0 Å². The molecule has 1 aliphatic heterocycles. The van der Waals surface area contributed by atoms with Crippen LogP contribution in [0.15, 0.2) is 33.5 Å². The second kappa shape index (κ2) is 12.4. The van der Waals surface area contributed by atoms with Crippen molar-refractivity contribution in [2.75, 3.05) is 0 Å². The number of amides is 2. The third-order valence-electron chi connectivity index (χ3n) is 6.58. The Labute approximate surface area is 247 Å². The lowest BCUT2D eigenvalue weighted by atomic mass is 9.99. The molecule has 2 amide bonds. The molecule has 2 aromatic heterocycles. The minimum absolute atomic E-state index is 0.120. The third kappa shape index (κ3) is 6.57. The average molecular weight is 621 g/mol. The van der Waals surface area contributed by atoms with Gasteiger partial charge < -0.3 is 45.0 Å². The number of hydrogen-bond acceptors (Lipinski definition) is 13. The molecule has 1 aliphatic rings. The highest BCUT2D eigenvalue weighted by Crippen LogP contribution is 2.26. The molecule has 18 heteroatoms. The fourth-order valence-electron chi connectivity index (χ4n) is 4.32. The van der Waals surface area contributed by atoms with E-state index in [0.29, 0.717) is 5.56 Å². The molecule has 0 saturated carbocycles. The van der Waals surface area contributed by atoms with Crippen LogP contribution < -0.4 is 20.9 Å². The van der Waals surface area contributed by atoms with E-state index in [1.807, 2.05) is 0 Å². The highest BCUT2D eigenvalue weighted by Gasteiger charge is 2.49. The summed E-state index contributed by atoms with van der Waals surface area (Å²) < 4.78 is 30.0. The van der Waals surface area contributed by atoms with Crippen molar-refractivity contribution in [1.29, 1.82) is 0 Å². The van der Waals surface area contributed by atoms with Crippen molar-refractivity contribution in [3.05, 3.63) is 69.3 Å². The van der Waals surface area contributed by atoms with Gasteiger partial charge in [0, 0.05) is 20.5 Å². The lowest BCUT2D eigenvalue weighted by molar-refractivity contribution is -0.271. The Bertz CT molecular complexity index is 1620. The minimum atomic E-state index is -2.07. The van der Waals surface area contributed by atoms with E-state index >= 15 is 0 Å². The molecule has 0 radical (unpaired) electrons. The van der Waals surface area contributed by atoms with Crippen LogP contribution in [-0.2, 0) is 28.7 Å². The maximum Gasteiger partial charge on any atom is 0.335 e. The molecule has 6 N–H and O–H groups in total. The van der Waals surface area contributed by atoms with Crippen LogP contribution >= 0.6 is 0 Å². The second-order valence-corrected chi connectivity index (χ2v) is 10.3. The summed E-state index contributed by atoms with van der Waals surface area (Å²) >= 11 is 0. The van der Waals surface area contributed by atoms with Crippen molar-refractivity contribution in [1.82, 2.24) is 30.4 Å². The summed E-state index contributed by atoms with van der Waals surface area (Å²) in [5, 5.41) is 52.3. The van der Waals surface area contributed by atoms with Gasteiger partial charge in [0.25, 0.3) is 11.5 Å². The maximum absolute atomic E-state index is 13.6. The Kier molecular flexibility index (Phi) is 9.09. The molecule has 17 nitrogen and oxygen atoms in total. The van der Waals surface area contributed by atoms with E-state index in [9.17, 15) is 44.0 Å². The summed E-state index contributed by atoms with van der Waals surface area (Å²) in [7, 11) is 1.24. The first kappa shape index (κ1) is 32.1. The van der Waals surface area contributed by atoms with Crippen LogP contribution in [0, 0.1) is 12.7 Å². The molecule has 5 atom stereocenters. The van der Waals surface area contributed by atoms with Crippen molar-refractivity contribution < 1.29 is 53.1 Å². The Morgan fingerprint density at radius 1 is 1.07 bits per heavy atom. The SMILES string of the molecule is Cc1nnc(C(=O)NC(C)(C)c2nc(C(=O)NCc3ccc(F)cc3)c(O[C@@H]3O[C@H](C(=O)O)[C@@H](O)[C@H](O)[C@H]3O)c(=O)n2C)o1. The number of rotatable bonds is 9. The van der Waals surface area contributed by atoms with Gasteiger partial charge in [0.15, 0.2) is 11.8 Å². The van der Waals surface area contributed by atoms with Crippen LogP contribution in [0.4, 0.5) is 4.39 Å². The number of benzene rings is 1. The van der Waals surface area contributed by atoms with Gasteiger partial charge in [-0.3, -0.25) is 19.0 Å². The van der Waals surface area contributed by atoms with Crippen LogP contribution in [-0.4, -0.2) is 88.7 Å². The number of carbonyl (C=O) groups excluding carboxylic acids is 2. The largest absolute Gasteiger partial charge is 0.479 e. The zero-order valence-electron chi connectivity index (χ0n) is 23.7. The predicted octanol–water partition coefficient (Wildman–Crippen LogP) is -1.52.